The number of carbonyl (C=O) groups is 1. The lowest BCUT2D eigenvalue weighted by atomic mass is 9.95. The highest BCUT2D eigenvalue weighted by Gasteiger charge is 2.25. The van der Waals surface area contributed by atoms with Crippen LogP contribution in [0, 0.1) is 5.92 Å². The summed E-state index contributed by atoms with van der Waals surface area (Å²) >= 11 is 0. The lowest BCUT2D eigenvalue weighted by Crippen LogP contribution is -2.41. The molecule has 3 nitrogen and oxygen atoms in total. The van der Waals surface area contributed by atoms with Crippen molar-refractivity contribution in [1.82, 2.24) is 5.32 Å². The zero-order valence-electron chi connectivity index (χ0n) is 10.5. The SMILES string of the molecule is O=C(NC1CCCCCC1CO)C1=CCCC1. The van der Waals surface area contributed by atoms with Crippen LogP contribution < -0.4 is 5.32 Å². The van der Waals surface area contributed by atoms with E-state index in [1.54, 1.807) is 0 Å². The van der Waals surface area contributed by atoms with Gasteiger partial charge in [-0.05, 0) is 32.1 Å². The maximum absolute atomic E-state index is 12.0. The molecule has 96 valence electrons. The van der Waals surface area contributed by atoms with Gasteiger partial charge < -0.3 is 10.4 Å². The van der Waals surface area contributed by atoms with E-state index in [1.807, 2.05) is 0 Å². The summed E-state index contributed by atoms with van der Waals surface area (Å²) in [7, 11) is 0. The summed E-state index contributed by atoms with van der Waals surface area (Å²) in [5.74, 6) is 0.358. The van der Waals surface area contributed by atoms with Gasteiger partial charge in [-0.15, -0.1) is 0 Å². The normalized spacial score (nSPS) is 29.6. The van der Waals surface area contributed by atoms with Gasteiger partial charge in [-0.1, -0.05) is 25.3 Å². The Morgan fingerprint density at radius 1 is 1.29 bits per heavy atom. The van der Waals surface area contributed by atoms with Crippen molar-refractivity contribution >= 4 is 5.91 Å². The molecule has 17 heavy (non-hydrogen) atoms. The zero-order valence-corrected chi connectivity index (χ0v) is 10.5. The highest BCUT2D eigenvalue weighted by atomic mass is 16.3. The molecule has 0 aromatic carbocycles. The van der Waals surface area contributed by atoms with Crippen LogP contribution in [0.1, 0.15) is 51.4 Å². The molecule has 0 aromatic rings. The van der Waals surface area contributed by atoms with Crippen molar-refractivity contribution in [2.75, 3.05) is 6.61 Å². The maximum atomic E-state index is 12.0. The van der Waals surface area contributed by atoms with E-state index in [0.29, 0.717) is 0 Å². The van der Waals surface area contributed by atoms with Crippen LogP contribution in [0.5, 0.6) is 0 Å². The van der Waals surface area contributed by atoms with Crippen LogP contribution >= 0.6 is 0 Å². The number of rotatable bonds is 3. The van der Waals surface area contributed by atoms with E-state index in [1.165, 1.54) is 19.3 Å². The molecular formula is C14H23NO2. The first kappa shape index (κ1) is 12.6. The van der Waals surface area contributed by atoms with Crippen molar-refractivity contribution in [1.29, 1.82) is 0 Å². The van der Waals surface area contributed by atoms with E-state index in [2.05, 4.69) is 11.4 Å². The summed E-state index contributed by atoms with van der Waals surface area (Å²) in [5, 5.41) is 12.5. The summed E-state index contributed by atoms with van der Waals surface area (Å²) < 4.78 is 0. The van der Waals surface area contributed by atoms with Crippen molar-refractivity contribution in [3.63, 3.8) is 0 Å². The van der Waals surface area contributed by atoms with E-state index in [9.17, 15) is 9.90 Å². The van der Waals surface area contributed by atoms with Gasteiger partial charge in [0.05, 0.1) is 0 Å². The zero-order chi connectivity index (χ0) is 12.1. The molecule has 2 unspecified atom stereocenters. The highest BCUT2D eigenvalue weighted by Crippen LogP contribution is 2.24. The second-order valence-corrected chi connectivity index (χ2v) is 5.28. The Labute approximate surface area is 103 Å². The van der Waals surface area contributed by atoms with Gasteiger partial charge in [0.1, 0.15) is 0 Å². The van der Waals surface area contributed by atoms with Crippen LogP contribution in [-0.2, 0) is 4.79 Å². The minimum atomic E-state index is 0.104. The van der Waals surface area contributed by atoms with Crippen LogP contribution in [0.3, 0.4) is 0 Å². The van der Waals surface area contributed by atoms with Crippen molar-refractivity contribution in [3.05, 3.63) is 11.6 Å². The van der Waals surface area contributed by atoms with Crippen molar-refractivity contribution in [3.8, 4) is 0 Å². The topological polar surface area (TPSA) is 49.3 Å². The molecular weight excluding hydrogens is 214 g/mol. The number of hydrogen-bond acceptors (Lipinski definition) is 2. The molecule has 0 aliphatic heterocycles. The second-order valence-electron chi connectivity index (χ2n) is 5.28. The molecule has 2 atom stereocenters. The average Bonchev–Trinajstić information content (AvgIpc) is 2.78. The van der Waals surface area contributed by atoms with Gasteiger partial charge in [0.25, 0.3) is 0 Å². The number of aliphatic hydroxyl groups excluding tert-OH is 1. The molecule has 1 saturated carbocycles. The quantitative estimate of drug-likeness (QED) is 0.739. The van der Waals surface area contributed by atoms with Gasteiger partial charge in [0.15, 0.2) is 0 Å². The lowest BCUT2D eigenvalue weighted by Gasteiger charge is -2.24. The third-order valence-electron chi connectivity index (χ3n) is 4.04. The fraction of sp³-hybridized carbons (Fsp3) is 0.786. The molecule has 2 aliphatic carbocycles. The number of aliphatic hydroxyl groups is 1. The molecule has 1 amide bonds. The van der Waals surface area contributed by atoms with Crippen LogP contribution in [0.4, 0.5) is 0 Å². The fourth-order valence-electron chi connectivity index (χ4n) is 2.93. The average molecular weight is 237 g/mol. The predicted molar refractivity (Wildman–Crippen MR) is 67.5 cm³/mol. The van der Waals surface area contributed by atoms with E-state index >= 15 is 0 Å². The van der Waals surface area contributed by atoms with Gasteiger partial charge in [-0.2, -0.15) is 0 Å². The molecule has 2 aliphatic rings. The summed E-state index contributed by atoms with van der Waals surface area (Å²) in [4.78, 5) is 12.0. The van der Waals surface area contributed by atoms with Crippen molar-refractivity contribution in [2.24, 2.45) is 5.92 Å². The van der Waals surface area contributed by atoms with E-state index < -0.39 is 0 Å². The molecule has 0 heterocycles. The Morgan fingerprint density at radius 3 is 2.82 bits per heavy atom. The number of nitrogens with one attached hydrogen (secondary N) is 1. The minimum absolute atomic E-state index is 0.104. The van der Waals surface area contributed by atoms with Gasteiger partial charge in [0.2, 0.25) is 5.91 Å². The first-order valence-electron chi connectivity index (χ1n) is 6.92. The Balaban J connectivity index is 1.92. The Bertz CT molecular complexity index is 299. The fourth-order valence-corrected chi connectivity index (χ4v) is 2.93. The summed E-state index contributed by atoms with van der Waals surface area (Å²) in [6.07, 6.45) is 10.8. The molecule has 0 saturated heterocycles. The van der Waals surface area contributed by atoms with Crippen LogP contribution in [-0.4, -0.2) is 23.7 Å². The number of hydrogen-bond donors (Lipinski definition) is 2. The second kappa shape index (κ2) is 6.20. The van der Waals surface area contributed by atoms with Gasteiger partial charge in [0, 0.05) is 24.1 Å². The summed E-state index contributed by atoms with van der Waals surface area (Å²) in [6.45, 7) is 0.198. The van der Waals surface area contributed by atoms with Crippen molar-refractivity contribution in [2.45, 2.75) is 57.4 Å². The van der Waals surface area contributed by atoms with Gasteiger partial charge in [-0.3, -0.25) is 4.79 Å². The molecule has 0 radical (unpaired) electrons. The number of allylic oxidation sites excluding steroid dienone is 1. The number of carbonyl (C=O) groups excluding carboxylic acids is 1. The van der Waals surface area contributed by atoms with E-state index in [4.69, 9.17) is 0 Å². The lowest BCUT2D eigenvalue weighted by molar-refractivity contribution is -0.118. The summed E-state index contributed by atoms with van der Waals surface area (Å²) in [5.41, 5.74) is 0.950. The summed E-state index contributed by atoms with van der Waals surface area (Å²) in [6, 6.07) is 0.177. The van der Waals surface area contributed by atoms with Crippen LogP contribution in [0.25, 0.3) is 0 Å². The van der Waals surface area contributed by atoms with E-state index in [-0.39, 0.29) is 24.5 Å². The monoisotopic (exact) mass is 237 g/mol. The molecule has 0 bridgehead atoms. The van der Waals surface area contributed by atoms with Gasteiger partial charge in [-0.25, -0.2) is 0 Å². The predicted octanol–water partition coefficient (Wildman–Crippen LogP) is 2.15. The molecule has 2 rings (SSSR count). The first-order chi connectivity index (χ1) is 8.31. The molecule has 2 N–H and O–H groups in total. The largest absolute Gasteiger partial charge is 0.396 e. The van der Waals surface area contributed by atoms with E-state index in [0.717, 1.165) is 37.7 Å². The van der Waals surface area contributed by atoms with Crippen LogP contribution in [0.15, 0.2) is 11.6 Å². The maximum Gasteiger partial charge on any atom is 0.247 e. The van der Waals surface area contributed by atoms with Gasteiger partial charge >= 0.3 is 0 Å². The molecule has 1 fully saturated rings. The third kappa shape index (κ3) is 3.32. The standard InChI is InChI=1S/C14H23NO2/c16-10-12-8-2-1-3-9-13(12)15-14(17)11-6-4-5-7-11/h6,12-13,16H,1-5,7-10H2,(H,15,17). The highest BCUT2D eigenvalue weighted by molar-refractivity contribution is 5.93. The van der Waals surface area contributed by atoms with Crippen LogP contribution in [0.2, 0.25) is 0 Å². The molecule has 3 heteroatoms. The Morgan fingerprint density at radius 2 is 2.12 bits per heavy atom. The Kier molecular flexibility index (Phi) is 4.60. The van der Waals surface area contributed by atoms with Crippen molar-refractivity contribution < 1.29 is 9.90 Å². The molecule has 0 aromatic heterocycles. The Hall–Kier alpha value is -0.830. The first-order valence-corrected chi connectivity index (χ1v) is 6.92. The molecule has 0 spiro atoms. The number of amides is 1. The third-order valence-corrected chi connectivity index (χ3v) is 4.04. The smallest absolute Gasteiger partial charge is 0.247 e. The minimum Gasteiger partial charge on any atom is -0.396 e.